The molecule has 3 aromatic rings. The highest BCUT2D eigenvalue weighted by Gasteiger charge is 2.05. The topological polar surface area (TPSA) is 34.0 Å². The average Bonchev–Trinajstić information content (AvgIpc) is 2.95. The van der Waals surface area contributed by atoms with Gasteiger partial charge in [0.25, 0.3) is 0 Å². The quantitative estimate of drug-likeness (QED) is 0.765. The van der Waals surface area contributed by atoms with Gasteiger partial charge in [-0.05, 0) is 35.6 Å². The first-order chi connectivity index (χ1) is 10.7. The van der Waals surface area contributed by atoms with E-state index in [9.17, 15) is 4.79 Å². The van der Waals surface area contributed by atoms with Gasteiger partial charge in [-0.25, -0.2) is 0 Å². The molecule has 0 bridgehead atoms. The second kappa shape index (κ2) is 6.48. The maximum atomic E-state index is 12.0. The highest BCUT2D eigenvalue weighted by molar-refractivity contribution is 5.80. The normalized spacial score (nSPS) is 10.8. The molecule has 0 aliphatic rings. The Balaban J connectivity index is 1.55. The van der Waals surface area contributed by atoms with Crippen LogP contribution in [0.5, 0.6) is 0 Å². The zero-order chi connectivity index (χ0) is 15.4. The molecular formula is C19H20N2O. The number of para-hydroxylation sites is 1. The van der Waals surface area contributed by atoms with E-state index in [1.54, 1.807) is 0 Å². The van der Waals surface area contributed by atoms with E-state index in [0.29, 0.717) is 19.5 Å². The Morgan fingerprint density at radius 3 is 2.68 bits per heavy atom. The van der Waals surface area contributed by atoms with Crippen LogP contribution in [0.1, 0.15) is 17.5 Å². The van der Waals surface area contributed by atoms with Crippen molar-refractivity contribution in [2.45, 2.75) is 26.4 Å². The summed E-state index contributed by atoms with van der Waals surface area (Å²) in [6.07, 6.45) is 2.53. The van der Waals surface area contributed by atoms with Gasteiger partial charge in [0.05, 0.1) is 0 Å². The van der Waals surface area contributed by atoms with Crippen molar-refractivity contribution in [2.75, 3.05) is 0 Å². The number of aryl methyl sites for hydroxylation is 2. The predicted octanol–water partition coefficient (Wildman–Crippen LogP) is 3.66. The first-order valence-electron chi connectivity index (χ1n) is 7.59. The second-order valence-electron chi connectivity index (χ2n) is 5.52. The molecule has 2 aromatic carbocycles. The molecule has 112 valence electrons. The third kappa shape index (κ3) is 3.19. The average molecular weight is 292 g/mol. The minimum atomic E-state index is 0.0843. The third-order valence-corrected chi connectivity index (χ3v) is 4.00. The number of carbonyl (C=O) groups is 1. The van der Waals surface area contributed by atoms with Crippen LogP contribution >= 0.6 is 0 Å². The number of benzene rings is 2. The Hall–Kier alpha value is -2.55. The van der Waals surface area contributed by atoms with Crippen LogP contribution in [0.3, 0.4) is 0 Å². The van der Waals surface area contributed by atoms with Gasteiger partial charge in [0.1, 0.15) is 0 Å². The molecule has 0 spiro atoms. The molecule has 0 fully saturated rings. The Kier molecular flexibility index (Phi) is 4.24. The number of fused-ring (bicyclic) bond motifs is 1. The van der Waals surface area contributed by atoms with Gasteiger partial charge in [-0.1, -0.05) is 42.5 Å². The molecule has 1 aromatic heterocycles. The molecule has 0 aliphatic carbocycles. The molecule has 22 heavy (non-hydrogen) atoms. The molecule has 3 nitrogen and oxygen atoms in total. The standard InChI is InChI=1S/C19H20N2O/c1-15-6-2-3-8-17(15)14-20-19(22)11-13-21-12-10-16-7-4-5-9-18(16)21/h2-10,12H,11,13-14H2,1H3,(H,20,22). The van der Waals surface area contributed by atoms with Gasteiger partial charge < -0.3 is 9.88 Å². The summed E-state index contributed by atoms with van der Waals surface area (Å²) in [5, 5.41) is 4.21. The first-order valence-corrected chi connectivity index (χ1v) is 7.59. The lowest BCUT2D eigenvalue weighted by molar-refractivity contribution is -0.121. The van der Waals surface area contributed by atoms with Crippen molar-refractivity contribution in [3.8, 4) is 0 Å². The van der Waals surface area contributed by atoms with E-state index in [2.05, 4.69) is 47.1 Å². The molecule has 0 saturated carbocycles. The molecule has 1 N–H and O–H groups in total. The summed E-state index contributed by atoms with van der Waals surface area (Å²) >= 11 is 0. The lowest BCUT2D eigenvalue weighted by Gasteiger charge is -2.09. The fourth-order valence-electron chi connectivity index (χ4n) is 2.65. The Bertz CT molecular complexity index is 789. The fraction of sp³-hybridized carbons (Fsp3) is 0.211. The van der Waals surface area contributed by atoms with Crippen LogP contribution in [0, 0.1) is 6.92 Å². The van der Waals surface area contributed by atoms with E-state index in [4.69, 9.17) is 0 Å². The molecular weight excluding hydrogens is 272 g/mol. The van der Waals surface area contributed by atoms with Crippen molar-refractivity contribution in [1.82, 2.24) is 9.88 Å². The Labute approximate surface area is 130 Å². The lowest BCUT2D eigenvalue weighted by Crippen LogP contribution is -2.24. The summed E-state index contributed by atoms with van der Waals surface area (Å²) in [5.74, 6) is 0.0843. The Morgan fingerprint density at radius 1 is 1.05 bits per heavy atom. The van der Waals surface area contributed by atoms with E-state index in [1.165, 1.54) is 22.0 Å². The highest BCUT2D eigenvalue weighted by atomic mass is 16.1. The molecule has 3 rings (SSSR count). The molecule has 1 heterocycles. The molecule has 0 atom stereocenters. The van der Waals surface area contributed by atoms with Crippen LogP contribution in [0.4, 0.5) is 0 Å². The zero-order valence-corrected chi connectivity index (χ0v) is 12.8. The van der Waals surface area contributed by atoms with Crippen molar-refractivity contribution in [2.24, 2.45) is 0 Å². The highest BCUT2D eigenvalue weighted by Crippen LogP contribution is 2.15. The van der Waals surface area contributed by atoms with E-state index >= 15 is 0 Å². The smallest absolute Gasteiger partial charge is 0.222 e. The zero-order valence-electron chi connectivity index (χ0n) is 12.8. The van der Waals surface area contributed by atoms with E-state index in [-0.39, 0.29) is 5.91 Å². The SMILES string of the molecule is Cc1ccccc1CNC(=O)CCn1ccc2ccccc21. The molecule has 0 unspecified atom stereocenters. The van der Waals surface area contributed by atoms with Gasteiger partial charge in [-0.3, -0.25) is 4.79 Å². The minimum Gasteiger partial charge on any atom is -0.352 e. The predicted molar refractivity (Wildman–Crippen MR) is 89.6 cm³/mol. The van der Waals surface area contributed by atoms with E-state index < -0.39 is 0 Å². The summed E-state index contributed by atoms with van der Waals surface area (Å²) < 4.78 is 2.13. The number of hydrogen-bond donors (Lipinski definition) is 1. The summed E-state index contributed by atoms with van der Waals surface area (Å²) in [7, 11) is 0. The molecule has 1 amide bonds. The van der Waals surface area contributed by atoms with Crippen molar-refractivity contribution in [1.29, 1.82) is 0 Å². The molecule has 3 heteroatoms. The second-order valence-corrected chi connectivity index (χ2v) is 5.52. The number of nitrogens with one attached hydrogen (secondary N) is 1. The summed E-state index contributed by atoms with van der Waals surface area (Å²) in [5.41, 5.74) is 3.55. The van der Waals surface area contributed by atoms with Gasteiger partial charge in [-0.2, -0.15) is 0 Å². The van der Waals surface area contributed by atoms with Crippen molar-refractivity contribution >= 4 is 16.8 Å². The summed E-state index contributed by atoms with van der Waals surface area (Å²) in [6, 6.07) is 18.4. The van der Waals surface area contributed by atoms with E-state index in [1.807, 2.05) is 30.5 Å². The van der Waals surface area contributed by atoms with Crippen molar-refractivity contribution in [3.05, 3.63) is 71.9 Å². The van der Waals surface area contributed by atoms with Crippen LogP contribution in [0.2, 0.25) is 0 Å². The third-order valence-electron chi connectivity index (χ3n) is 4.00. The monoisotopic (exact) mass is 292 g/mol. The van der Waals surface area contributed by atoms with Crippen LogP contribution in [0.25, 0.3) is 10.9 Å². The van der Waals surface area contributed by atoms with Gasteiger partial charge in [-0.15, -0.1) is 0 Å². The molecule has 0 aliphatic heterocycles. The number of carbonyl (C=O) groups excluding carboxylic acids is 1. The Morgan fingerprint density at radius 2 is 1.82 bits per heavy atom. The summed E-state index contributed by atoms with van der Waals surface area (Å²) in [6.45, 7) is 3.36. The lowest BCUT2D eigenvalue weighted by atomic mass is 10.1. The molecule has 0 saturated heterocycles. The fourth-order valence-corrected chi connectivity index (χ4v) is 2.65. The van der Waals surface area contributed by atoms with Crippen LogP contribution in [0.15, 0.2) is 60.8 Å². The minimum absolute atomic E-state index is 0.0843. The van der Waals surface area contributed by atoms with E-state index in [0.717, 1.165) is 0 Å². The largest absolute Gasteiger partial charge is 0.352 e. The van der Waals surface area contributed by atoms with Gasteiger partial charge in [0, 0.05) is 31.2 Å². The van der Waals surface area contributed by atoms with Crippen molar-refractivity contribution < 1.29 is 4.79 Å². The first kappa shape index (κ1) is 14.4. The van der Waals surface area contributed by atoms with Gasteiger partial charge in [0.2, 0.25) is 5.91 Å². The number of aromatic nitrogens is 1. The number of nitrogens with zero attached hydrogens (tertiary/aromatic N) is 1. The van der Waals surface area contributed by atoms with Crippen LogP contribution in [-0.2, 0) is 17.9 Å². The van der Waals surface area contributed by atoms with Gasteiger partial charge >= 0.3 is 0 Å². The van der Waals surface area contributed by atoms with Crippen molar-refractivity contribution in [3.63, 3.8) is 0 Å². The molecule has 0 radical (unpaired) electrons. The number of hydrogen-bond acceptors (Lipinski definition) is 1. The van der Waals surface area contributed by atoms with Crippen LogP contribution in [-0.4, -0.2) is 10.5 Å². The maximum Gasteiger partial charge on any atom is 0.222 e. The maximum absolute atomic E-state index is 12.0. The van der Waals surface area contributed by atoms with Crippen LogP contribution < -0.4 is 5.32 Å². The number of rotatable bonds is 5. The van der Waals surface area contributed by atoms with Gasteiger partial charge in [0.15, 0.2) is 0 Å². The summed E-state index contributed by atoms with van der Waals surface area (Å²) in [4.78, 5) is 12.0. The number of amides is 1.